The number of nitrogens with zero attached hydrogens (tertiary/aromatic N) is 1. The van der Waals surface area contributed by atoms with Crippen LogP contribution in [0.5, 0.6) is 0 Å². The minimum Gasteiger partial charge on any atom is -0.412 e. The predicted molar refractivity (Wildman–Crippen MR) is 13.6 cm³/mol. The summed E-state index contributed by atoms with van der Waals surface area (Å²) >= 11 is 0. The highest BCUT2D eigenvalue weighted by Gasteiger charge is 1.14. The number of nitroso groups, excluding NO2 is 1. The lowest BCUT2D eigenvalue weighted by Gasteiger charge is -1.33. The van der Waals surface area contributed by atoms with Crippen molar-refractivity contribution in [1.82, 2.24) is 0 Å². The second-order valence-electron chi connectivity index (χ2n) is 0.105. The van der Waals surface area contributed by atoms with Gasteiger partial charge in [0.25, 0.3) is 0 Å². The predicted octanol–water partition coefficient (Wildman–Crippen LogP) is -1.20. The minimum absolute atomic E-state index is 0. The van der Waals surface area contributed by atoms with Crippen LogP contribution in [-0.4, -0.2) is 5.48 Å². The standard InChI is InChI=1S/H2N2O.H2O/c1-2-3;/h(H2,1,3);1H2. The van der Waals surface area contributed by atoms with Gasteiger partial charge in [0.1, 0.15) is 0 Å². The summed E-state index contributed by atoms with van der Waals surface area (Å²) in [5.74, 6) is 3.92. The maximum absolute atomic E-state index is 8.33. The maximum Gasteiger partial charge on any atom is 0.0468 e. The van der Waals surface area contributed by atoms with Crippen LogP contribution in [0.3, 0.4) is 0 Å². The van der Waals surface area contributed by atoms with Crippen LogP contribution in [0.15, 0.2) is 5.29 Å². The second-order valence-corrected chi connectivity index (χ2v) is 0.105. The van der Waals surface area contributed by atoms with E-state index < -0.39 is 0 Å². The third-order valence-corrected chi connectivity index (χ3v) is 0. The van der Waals surface area contributed by atoms with Gasteiger partial charge in [-0.25, -0.2) is 0 Å². The van der Waals surface area contributed by atoms with Gasteiger partial charge < -0.3 is 5.48 Å². The Morgan fingerprint density at radius 2 is 1.75 bits per heavy atom. The van der Waals surface area contributed by atoms with Crippen molar-refractivity contribution in [1.29, 1.82) is 0 Å². The number of hydrogen-bond donors (Lipinski definition) is 1. The molecule has 4 heavy (non-hydrogen) atoms. The molecule has 0 amide bonds. The van der Waals surface area contributed by atoms with Crippen molar-refractivity contribution < 1.29 is 5.48 Å². The molecular weight excluding hydrogens is 60.0 g/mol. The summed E-state index contributed by atoms with van der Waals surface area (Å²) < 4.78 is 0. The fraction of sp³-hybridized carbons (Fsp3) is 0. The van der Waals surface area contributed by atoms with Crippen molar-refractivity contribution in [2.24, 2.45) is 11.1 Å². The Labute approximate surface area is 22.9 Å². The number of nitrogens with two attached hydrogens (primary N) is 1. The molecule has 0 aliphatic carbocycles. The van der Waals surface area contributed by atoms with Gasteiger partial charge in [-0.2, -0.15) is 0 Å². The van der Waals surface area contributed by atoms with Crippen molar-refractivity contribution in [2.45, 2.75) is 0 Å². The van der Waals surface area contributed by atoms with E-state index in [1.54, 1.807) is 5.29 Å². The summed E-state index contributed by atoms with van der Waals surface area (Å²) in [5, 5.41) is 1.75. The normalized spacial score (nSPS) is 3.00. The van der Waals surface area contributed by atoms with Gasteiger partial charge in [0.05, 0.1) is 0 Å². The van der Waals surface area contributed by atoms with Crippen LogP contribution in [0.4, 0.5) is 0 Å². The van der Waals surface area contributed by atoms with Gasteiger partial charge in [-0.1, -0.05) is 0 Å². The first-order valence-corrected chi connectivity index (χ1v) is 0.441. The van der Waals surface area contributed by atoms with Gasteiger partial charge in [-0.3, -0.25) is 5.84 Å². The van der Waals surface area contributed by atoms with Gasteiger partial charge in [-0.05, 0) is 0 Å². The largest absolute Gasteiger partial charge is 0.412 e. The first-order valence-electron chi connectivity index (χ1n) is 0.441. The van der Waals surface area contributed by atoms with Crippen LogP contribution in [-0.2, 0) is 0 Å². The van der Waals surface area contributed by atoms with Crippen LogP contribution >= 0.6 is 0 Å². The van der Waals surface area contributed by atoms with Gasteiger partial charge >= 0.3 is 0 Å². The Bertz CT molecular complexity index is 11.5. The van der Waals surface area contributed by atoms with Gasteiger partial charge in [0, 0.05) is 5.29 Å². The zero-order chi connectivity index (χ0) is 2.71. The molecule has 0 heterocycles. The zero-order valence-electron chi connectivity index (χ0n) is 1.93. The van der Waals surface area contributed by atoms with Crippen molar-refractivity contribution in [3.63, 3.8) is 0 Å². The Hall–Kier alpha value is -0.640. The lowest BCUT2D eigenvalue weighted by Crippen LogP contribution is -1.66. The van der Waals surface area contributed by atoms with Crippen molar-refractivity contribution in [3.8, 4) is 0 Å². The third kappa shape index (κ3) is 0.430. The van der Waals surface area contributed by atoms with Gasteiger partial charge in [0.15, 0.2) is 0 Å². The molecule has 0 aromatic heterocycles. The molecular formula is H4N2O2. The van der Waals surface area contributed by atoms with E-state index in [0.717, 1.165) is 0 Å². The molecule has 0 aliphatic rings. The monoisotopic (exact) mass is 64.0 g/mol. The quantitative estimate of drug-likeness (QED) is 0.218. The van der Waals surface area contributed by atoms with E-state index >= 15 is 0 Å². The highest BCUT2D eigenvalue weighted by atomic mass is 16.3. The molecule has 0 unspecified atom stereocenters. The molecule has 4 N–H and O–H groups in total. The summed E-state index contributed by atoms with van der Waals surface area (Å²) in [6, 6.07) is 0. The van der Waals surface area contributed by atoms with E-state index in [2.05, 4.69) is 5.84 Å². The SMILES string of the molecule is NN=O.O. The molecule has 0 radical (unpaired) electrons. The van der Waals surface area contributed by atoms with Crippen LogP contribution in [0.25, 0.3) is 0 Å². The number of rotatable bonds is 0. The zero-order valence-corrected chi connectivity index (χ0v) is 1.93. The smallest absolute Gasteiger partial charge is 0.0468 e. The molecule has 26 valence electrons. The Morgan fingerprint density at radius 3 is 1.75 bits per heavy atom. The molecule has 0 aromatic carbocycles. The molecule has 0 saturated carbocycles. The molecule has 4 heteroatoms. The van der Waals surface area contributed by atoms with Crippen molar-refractivity contribution >= 4 is 0 Å². The molecule has 0 spiro atoms. The summed E-state index contributed by atoms with van der Waals surface area (Å²) in [5.41, 5.74) is 0. The lowest BCUT2D eigenvalue weighted by atomic mass is 12.9. The topological polar surface area (TPSA) is 86.9 Å². The van der Waals surface area contributed by atoms with Gasteiger partial charge in [-0.15, -0.1) is 4.91 Å². The average Bonchev–Trinajstić information content (AvgIpc) is 0.918. The fourth-order valence-corrected chi connectivity index (χ4v) is 0. The summed E-state index contributed by atoms with van der Waals surface area (Å²) in [6.07, 6.45) is 0. The van der Waals surface area contributed by atoms with E-state index in [0.29, 0.717) is 0 Å². The van der Waals surface area contributed by atoms with E-state index in [-0.39, 0.29) is 5.48 Å². The first kappa shape index (κ1) is 10.1. The molecule has 0 rings (SSSR count). The summed E-state index contributed by atoms with van der Waals surface area (Å²) in [6.45, 7) is 0. The second kappa shape index (κ2) is 33.7. The van der Waals surface area contributed by atoms with Crippen molar-refractivity contribution in [2.75, 3.05) is 0 Å². The molecule has 0 aliphatic heterocycles. The van der Waals surface area contributed by atoms with Crippen LogP contribution in [0.1, 0.15) is 0 Å². The van der Waals surface area contributed by atoms with E-state index in [1.807, 2.05) is 0 Å². The third-order valence-electron chi connectivity index (χ3n) is 0. The van der Waals surface area contributed by atoms with E-state index in [9.17, 15) is 0 Å². The molecule has 0 fully saturated rings. The van der Waals surface area contributed by atoms with E-state index in [1.165, 1.54) is 0 Å². The average molecular weight is 64.0 g/mol. The van der Waals surface area contributed by atoms with Crippen LogP contribution in [0.2, 0.25) is 0 Å². The van der Waals surface area contributed by atoms with Crippen LogP contribution < -0.4 is 5.84 Å². The maximum atomic E-state index is 8.33. The minimum atomic E-state index is 0. The van der Waals surface area contributed by atoms with E-state index in [4.69, 9.17) is 4.91 Å². The van der Waals surface area contributed by atoms with Crippen LogP contribution in [0, 0.1) is 4.91 Å². The molecule has 0 bridgehead atoms. The van der Waals surface area contributed by atoms with Gasteiger partial charge in [0.2, 0.25) is 0 Å². The Balaban J connectivity index is 0. The fourth-order valence-electron chi connectivity index (χ4n) is 0. The molecule has 4 nitrogen and oxygen atoms in total. The lowest BCUT2D eigenvalue weighted by molar-refractivity contribution is 0.824. The highest BCUT2D eigenvalue weighted by Crippen LogP contribution is 1.12. The van der Waals surface area contributed by atoms with Crippen molar-refractivity contribution in [3.05, 3.63) is 4.91 Å². The molecule has 0 aromatic rings. The Kier molecular flexibility index (Phi) is 85.2. The summed E-state index contributed by atoms with van der Waals surface area (Å²) in [4.78, 5) is 8.33. The summed E-state index contributed by atoms with van der Waals surface area (Å²) in [7, 11) is 0. The molecule has 0 atom stereocenters. The Morgan fingerprint density at radius 1 is 1.75 bits per heavy atom. The molecule has 0 saturated heterocycles. The first-order chi connectivity index (χ1) is 1.41. The number of hydrogen-bond acceptors (Lipinski definition) is 2. The highest BCUT2D eigenvalue weighted by molar-refractivity contribution is 3.93.